The number of nitrogens with zero attached hydrogens (tertiary/aromatic N) is 6. The lowest BCUT2D eigenvalue weighted by Crippen LogP contribution is -2.49. The largest absolute Gasteiger partial charge is 0.457 e. The van der Waals surface area contributed by atoms with E-state index < -0.39 is 0 Å². The molecule has 176 valence electrons. The first kappa shape index (κ1) is 22.2. The average Bonchev–Trinajstić information content (AvgIpc) is 3.51. The molecule has 3 aromatic rings. The van der Waals surface area contributed by atoms with Gasteiger partial charge >= 0.3 is 5.97 Å². The number of hydrogen-bond donors (Lipinski definition) is 0. The van der Waals surface area contributed by atoms with Crippen LogP contribution in [0.4, 0.5) is 0 Å². The minimum Gasteiger partial charge on any atom is -0.457 e. The van der Waals surface area contributed by atoms with E-state index in [2.05, 4.69) is 26.9 Å². The number of ether oxygens (including phenoxy) is 1. The number of hydrogen-bond acceptors (Lipinski definition) is 7. The fraction of sp³-hybridized carbons (Fsp3) is 0.400. The minimum absolute atomic E-state index is 0.114. The fourth-order valence-electron chi connectivity index (χ4n) is 4.66. The number of fused-ring (bicyclic) bond motifs is 1. The molecule has 2 aromatic heterocycles. The first-order valence-corrected chi connectivity index (χ1v) is 11.6. The quantitative estimate of drug-likeness (QED) is 0.519. The molecule has 0 aliphatic carbocycles. The Morgan fingerprint density at radius 2 is 1.97 bits per heavy atom. The van der Waals surface area contributed by atoms with Gasteiger partial charge < -0.3 is 9.64 Å². The molecule has 1 amide bonds. The number of aryl methyl sites for hydroxylation is 1. The number of esters is 1. The molecule has 0 radical (unpaired) electrons. The van der Waals surface area contributed by atoms with E-state index >= 15 is 0 Å². The highest BCUT2D eigenvalue weighted by Crippen LogP contribution is 2.26. The van der Waals surface area contributed by atoms with Crippen LogP contribution in [0.25, 0.3) is 5.69 Å². The van der Waals surface area contributed by atoms with Crippen molar-refractivity contribution in [2.75, 3.05) is 32.7 Å². The van der Waals surface area contributed by atoms with Crippen LogP contribution in [0.15, 0.2) is 37.1 Å². The molecule has 0 spiro atoms. The minimum atomic E-state index is -0.220. The van der Waals surface area contributed by atoms with Crippen molar-refractivity contribution in [3.63, 3.8) is 0 Å². The molecule has 0 saturated carbocycles. The van der Waals surface area contributed by atoms with Crippen molar-refractivity contribution in [3.8, 4) is 5.69 Å². The molecule has 34 heavy (non-hydrogen) atoms. The van der Waals surface area contributed by atoms with Crippen molar-refractivity contribution < 1.29 is 14.3 Å². The summed E-state index contributed by atoms with van der Waals surface area (Å²) in [5.41, 5.74) is 6.74. The monoisotopic (exact) mass is 460 g/mol. The number of rotatable bonds is 6. The van der Waals surface area contributed by atoms with Gasteiger partial charge in [0.2, 0.25) is 5.91 Å². The summed E-state index contributed by atoms with van der Waals surface area (Å²) >= 11 is 0. The molecule has 0 atom stereocenters. The second-order valence-electron chi connectivity index (χ2n) is 8.90. The molecule has 9 nitrogen and oxygen atoms in total. The summed E-state index contributed by atoms with van der Waals surface area (Å²) in [5.74, 6) is -0.107. The highest BCUT2D eigenvalue weighted by atomic mass is 16.5. The van der Waals surface area contributed by atoms with Crippen LogP contribution in [-0.2, 0) is 29.0 Å². The zero-order valence-electron chi connectivity index (χ0n) is 19.5. The van der Waals surface area contributed by atoms with E-state index in [4.69, 9.17) is 4.74 Å². The van der Waals surface area contributed by atoms with Crippen LogP contribution >= 0.6 is 0 Å². The number of piperazine rings is 1. The maximum absolute atomic E-state index is 12.9. The normalized spacial score (nSPS) is 15.9. The van der Waals surface area contributed by atoms with E-state index in [0.29, 0.717) is 18.6 Å². The van der Waals surface area contributed by atoms with Crippen LogP contribution in [0.1, 0.15) is 38.3 Å². The molecule has 4 heterocycles. The van der Waals surface area contributed by atoms with Gasteiger partial charge in [0, 0.05) is 38.3 Å². The van der Waals surface area contributed by atoms with Gasteiger partial charge in [0.15, 0.2) is 0 Å². The first-order valence-electron chi connectivity index (χ1n) is 11.6. The number of aromatic nitrogens is 4. The number of carbonyl (C=O) groups excluding carboxylic acids is 2. The van der Waals surface area contributed by atoms with Gasteiger partial charge in [-0.05, 0) is 49.1 Å². The number of benzene rings is 1. The summed E-state index contributed by atoms with van der Waals surface area (Å²) in [7, 11) is 0. The molecule has 9 heteroatoms. The van der Waals surface area contributed by atoms with Crippen molar-refractivity contribution in [1.82, 2.24) is 29.5 Å². The van der Waals surface area contributed by atoms with Gasteiger partial charge in [0.05, 0.1) is 29.6 Å². The SMILES string of the molecule is Cc1cc(-n2cncn2)cnc1CC(=O)N1CCN(CCc2ccc3c(c2C)COC3=O)CC1. The van der Waals surface area contributed by atoms with Crippen molar-refractivity contribution in [2.24, 2.45) is 0 Å². The third-order valence-corrected chi connectivity index (χ3v) is 6.87. The second kappa shape index (κ2) is 9.34. The fourth-order valence-corrected chi connectivity index (χ4v) is 4.66. The molecule has 0 bridgehead atoms. The Labute approximate surface area is 198 Å². The lowest BCUT2D eigenvalue weighted by Gasteiger charge is -2.35. The Morgan fingerprint density at radius 1 is 1.15 bits per heavy atom. The Morgan fingerprint density at radius 3 is 2.71 bits per heavy atom. The van der Waals surface area contributed by atoms with Crippen LogP contribution in [-0.4, -0.2) is 74.1 Å². The van der Waals surface area contributed by atoms with E-state index in [1.165, 1.54) is 11.9 Å². The molecule has 0 unspecified atom stereocenters. The van der Waals surface area contributed by atoms with E-state index in [9.17, 15) is 9.59 Å². The molecule has 2 aliphatic heterocycles. The Hall–Kier alpha value is -3.59. The van der Waals surface area contributed by atoms with Gasteiger partial charge in [-0.3, -0.25) is 14.7 Å². The summed E-state index contributed by atoms with van der Waals surface area (Å²) < 4.78 is 6.82. The zero-order chi connectivity index (χ0) is 23.7. The summed E-state index contributed by atoms with van der Waals surface area (Å²) in [4.78, 5) is 37.4. The average molecular weight is 461 g/mol. The third-order valence-electron chi connectivity index (χ3n) is 6.87. The lowest BCUT2D eigenvalue weighted by atomic mass is 9.96. The van der Waals surface area contributed by atoms with Crippen LogP contribution in [0.5, 0.6) is 0 Å². The molecule has 1 saturated heterocycles. The topological polar surface area (TPSA) is 93.5 Å². The smallest absolute Gasteiger partial charge is 0.338 e. The van der Waals surface area contributed by atoms with Crippen molar-refractivity contribution in [3.05, 3.63) is 70.6 Å². The summed E-state index contributed by atoms with van der Waals surface area (Å²) in [6.45, 7) is 8.51. The van der Waals surface area contributed by atoms with Crippen LogP contribution in [0, 0.1) is 13.8 Å². The van der Waals surface area contributed by atoms with Gasteiger partial charge in [-0.1, -0.05) is 6.07 Å². The Balaban J connectivity index is 1.12. The van der Waals surface area contributed by atoms with E-state index in [1.807, 2.05) is 30.0 Å². The third kappa shape index (κ3) is 4.43. The first-order chi connectivity index (χ1) is 16.5. The summed E-state index contributed by atoms with van der Waals surface area (Å²) in [6.07, 6.45) is 6.06. The lowest BCUT2D eigenvalue weighted by molar-refractivity contribution is -0.132. The molecular weight excluding hydrogens is 432 g/mol. The maximum atomic E-state index is 12.9. The van der Waals surface area contributed by atoms with Crippen molar-refractivity contribution in [1.29, 1.82) is 0 Å². The maximum Gasteiger partial charge on any atom is 0.338 e. The van der Waals surface area contributed by atoms with E-state index in [0.717, 1.165) is 67.2 Å². The molecule has 0 N–H and O–H groups in total. The zero-order valence-corrected chi connectivity index (χ0v) is 19.5. The van der Waals surface area contributed by atoms with Crippen molar-refractivity contribution >= 4 is 11.9 Å². The van der Waals surface area contributed by atoms with Crippen molar-refractivity contribution in [2.45, 2.75) is 33.3 Å². The van der Waals surface area contributed by atoms with Gasteiger partial charge in [0.1, 0.15) is 19.3 Å². The van der Waals surface area contributed by atoms with Crippen LogP contribution in [0.3, 0.4) is 0 Å². The van der Waals surface area contributed by atoms with Gasteiger partial charge in [-0.15, -0.1) is 0 Å². The molecule has 1 aromatic carbocycles. The number of pyridine rings is 1. The van der Waals surface area contributed by atoms with Gasteiger partial charge in [-0.25, -0.2) is 14.5 Å². The molecule has 2 aliphatic rings. The Bertz CT molecular complexity index is 1220. The number of carbonyl (C=O) groups is 2. The predicted molar refractivity (Wildman–Crippen MR) is 125 cm³/mol. The van der Waals surface area contributed by atoms with E-state index in [-0.39, 0.29) is 11.9 Å². The van der Waals surface area contributed by atoms with Gasteiger partial charge in [-0.2, -0.15) is 5.10 Å². The standard InChI is InChI=1S/C25H28N6O3/c1-17-11-20(31-16-26-15-28-31)13-27-23(17)12-24(32)30-9-7-29(8-10-30)6-5-19-3-4-21-22(18(19)2)14-34-25(21)33/h3-4,11,13,15-16H,5-10,12,14H2,1-2H3. The summed E-state index contributed by atoms with van der Waals surface area (Å²) in [6, 6.07) is 5.91. The molecule has 1 fully saturated rings. The molecule has 5 rings (SSSR count). The highest BCUT2D eigenvalue weighted by molar-refractivity contribution is 5.93. The van der Waals surface area contributed by atoms with Crippen LogP contribution < -0.4 is 0 Å². The predicted octanol–water partition coefficient (Wildman–Crippen LogP) is 1.88. The highest BCUT2D eigenvalue weighted by Gasteiger charge is 2.25. The Kier molecular flexibility index (Phi) is 6.10. The van der Waals surface area contributed by atoms with Crippen LogP contribution in [0.2, 0.25) is 0 Å². The number of amides is 1. The second-order valence-corrected chi connectivity index (χ2v) is 8.90. The summed E-state index contributed by atoms with van der Waals surface area (Å²) in [5, 5.41) is 4.12. The van der Waals surface area contributed by atoms with Gasteiger partial charge in [0.25, 0.3) is 0 Å². The van der Waals surface area contributed by atoms with E-state index in [1.54, 1.807) is 17.2 Å². The number of cyclic esters (lactones) is 1. The molecular formula is C25H28N6O3.